The minimum absolute atomic E-state index is 0.0827. The highest BCUT2D eigenvalue weighted by Crippen LogP contribution is 2.23. The van der Waals surface area contributed by atoms with E-state index in [9.17, 15) is 9.59 Å². The van der Waals surface area contributed by atoms with E-state index in [2.05, 4.69) is 65.1 Å². The maximum Gasteiger partial charge on any atom is 0.316 e. The van der Waals surface area contributed by atoms with Crippen molar-refractivity contribution in [3.05, 3.63) is 64.9 Å². The molecule has 32 heavy (non-hydrogen) atoms. The number of Topliss-reactive ketones (excluding diaryl/α,β-unsaturated/α-hetero) is 1. The molecule has 0 aliphatic rings. The van der Waals surface area contributed by atoms with E-state index in [4.69, 9.17) is 4.74 Å². The molecular formula is C28H32O3S. The van der Waals surface area contributed by atoms with Crippen LogP contribution in [0.15, 0.2) is 59.3 Å². The average Bonchev–Trinajstić information content (AvgIpc) is 3.30. The number of thiophene rings is 1. The van der Waals surface area contributed by atoms with Crippen molar-refractivity contribution in [1.82, 2.24) is 0 Å². The smallest absolute Gasteiger partial charge is 0.316 e. The highest BCUT2D eigenvalue weighted by molar-refractivity contribution is 7.08. The third-order valence-electron chi connectivity index (χ3n) is 4.74. The summed E-state index contributed by atoms with van der Waals surface area (Å²) in [5.74, 6) is 4.73. The molecule has 0 saturated carbocycles. The largest absolute Gasteiger partial charge is 0.468 e. The standard InChI is InChI=1S/C28H32O3S/c1-28(2,3)18-10-6-8-15-25(27(30)31-4)26(29)16-9-5-7-12-22-13-11-14-23(20-22)24-17-19-32-21-24/h6-8,11-14,17,19-21,25H,5,9,15-16H2,1-4H3/b8-6+,12-7+. The first-order chi connectivity index (χ1) is 15.3. The predicted octanol–water partition coefficient (Wildman–Crippen LogP) is 6.95. The number of allylic oxidation sites excluding steroid dienone is 3. The fraction of sp³-hybridized carbons (Fsp3) is 0.357. The van der Waals surface area contributed by atoms with E-state index >= 15 is 0 Å². The van der Waals surface area contributed by atoms with E-state index < -0.39 is 11.9 Å². The third kappa shape index (κ3) is 9.08. The van der Waals surface area contributed by atoms with Crippen LogP contribution in [0.4, 0.5) is 0 Å². The van der Waals surface area contributed by atoms with Gasteiger partial charge in [-0.15, -0.1) is 0 Å². The van der Waals surface area contributed by atoms with Crippen LogP contribution in [0.2, 0.25) is 0 Å². The van der Waals surface area contributed by atoms with Crippen molar-refractivity contribution in [2.45, 2.75) is 46.5 Å². The predicted molar refractivity (Wildman–Crippen MR) is 134 cm³/mol. The van der Waals surface area contributed by atoms with Gasteiger partial charge in [-0.05, 0) is 85.7 Å². The summed E-state index contributed by atoms with van der Waals surface area (Å²) in [5, 5.41) is 4.21. The van der Waals surface area contributed by atoms with Gasteiger partial charge in [0.1, 0.15) is 11.7 Å². The van der Waals surface area contributed by atoms with Crippen LogP contribution >= 0.6 is 11.3 Å². The summed E-state index contributed by atoms with van der Waals surface area (Å²) in [5.41, 5.74) is 3.47. The number of esters is 1. The number of methoxy groups -OCH3 is 1. The van der Waals surface area contributed by atoms with Gasteiger partial charge in [-0.1, -0.05) is 48.3 Å². The molecule has 1 aromatic carbocycles. The average molecular weight is 449 g/mol. The van der Waals surface area contributed by atoms with Crippen LogP contribution in [0.25, 0.3) is 17.2 Å². The van der Waals surface area contributed by atoms with Crippen LogP contribution in [0.3, 0.4) is 0 Å². The second-order valence-corrected chi connectivity index (χ2v) is 9.41. The lowest BCUT2D eigenvalue weighted by atomic mass is 9.95. The van der Waals surface area contributed by atoms with Gasteiger partial charge in [0.25, 0.3) is 0 Å². The van der Waals surface area contributed by atoms with Gasteiger partial charge >= 0.3 is 5.97 Å². The summed E-state index contributed by atoms with van der Waals surface area (Å²) in [7, 11) is 1.32. The number of ketones is 1. The van der Waals surface area contributed by atoms with Gasteiger partial charge in [0.05, 0.1) is 7.11 Å². The zero-order chi connectivity index (χ0) is 23.4. The quantitative estimate of drug-likeness (QED) is 0.171. The third-order valence-corrected chi connectivity index (χ3v) is 5.42. The molecule has 0 N–H and O–H groups in total. The van der Waals surface area contributed by atoms with Crippen LogP contribution in [0.1, 0.15) is 52.0 Å². The van der Waals surface area contributed by atoms with Gasteiger partial charge in [-0.2, -0.15) is 11.3 Å². The van der Waals surface area contributed by atoms with Crippen molar-refractivity contribution in [2.24, 2.45) is 11.3 Å². The summed E-state index contributed by atoms with van der Waals surface area (Å²) >= 11 is 1.69. The van der Waals surface area contributed by atoms with Gasteiger partial charge in [-0.3, -0.25) is 9.59 Å². The second kappa shape index (κ2) is 12.8. The summed E-state index contributed by atoms with van der Waals surface area (Å²) in [6, 6.07) is 10.5. The van der Waals surface area contributed by atoms with Crippen molar-refractivity contribution in [2.75, 3.05) is 7.11 Å². The number of unbranched alkanes of at least 4 members (excludes halogenated alkanes) is 1. The molecule has 0 spiro atoms. The number of hydrogen-bond donors (Lipinski definition) is 0. The Morgan fingerprint density at radius 1 is 1.16 bits per heavy atom. The van der Waals surface area contributed by atoms with Crippen molar-refractivity contribution >= 4 is 29.2 Å². The molecule has 0 fully saturated rings. The summed E-state index contributed by atoms with van der Waals surface area (Å²) in [6.07, 6.45) is 9.77. The molecule has 2 aromatic rings. The van der Waals surface area contributed by atoms with Crippen molar-refractivity contribution in [3.63, 3.8) is 0 Å². The Morgan fingerprint density at radius 2 is 1.97 bits per heavy atom. The Labute approximate surface area is 196 Å². The molecule has 0 radical (unpaired) electrons. The lowest BCUT2D eigenvalue weighted by Crippen LogP contribution is -2.24. The zero-order valence-corrected chi connectivity index (χ0v) is 20.2. The molecule has 0 amide bonds. The number of carbonyl (C=O) groups excluding carboxylic acids is 2. The van der Waals surface area contributed by atoms with Crippen molar-refractivity contribution < 1.29 is 14.3 Å². The second-order valence-electron chi connectivity index (χ2n) is 8.63. The maximum absolute atomic E-state index is 12.6. The number of benzene rings is 1. The van der Waals surface area contributed by atoms with Crippen LogP contribution in [-0.4, -0.2) is 18.9 Å². The summed E-state index contributed by atoms with van der Waals surface area (Å²) in [4.78, 5) is 24.6. The zero-order valence-electron chi connectivity index (χ0n) is 19.4. The van der Waals surface area contributed by atoms with Crippen molar-refractivity contribution in [1.29, 1.82) is 0 Å². The van der Waals surface area contributed by atoms with E-state index in [1.165, 1.54) is 18.2 Å². The fourth-order valence-electron chi connectivity index (χ4n) is 3.06. The van der Waals surface area contributed by atoms with Gasteiger partial charge in [0, 0.05) is 11.8 Å². The fourth-order valence-corrected chi connectivity index (χ4v) is 3.73. The molecule has 1 atom stereocenters. The van der Waals surface area contributed by atoms with Gasteiger partial charge in [0.15, 0.2) is 0 Å². The Balaban J connectivity index is 1.85. The molecule has 0 bridgehead atoms. The summed E-state index contributed by atoms with van der Waals surface area (Å²) in [6.45, 7) is 6.09. The maximum atomic E-state index is 12.6. The number of ether oxygens (including phenoxy) is 1. The molecule has 3 nitrogen and oxygen atoms in total. The van der Waals surface area contributed by atoms with Crippen molar-refractivity contribution in [3.8, 4) is 23.0 Å². The number of carbonyl (C=O) groups is 2. The summed E-state index contributed by atoms with van der Waals surface area (Å²) < 4.78 is 4.83. The minimum Gasteiger partial charge on any atom is -0.468 e. The van der Waals surface area contributed by atoms with E-state index in [0.29, 0.717) is 19.3 Å². The SMILES string of the molecule is COC(=O)C(C/C=C/C#CC(C)(C)C)C(=O)CCC/C=C/c1cccc(-c2ccsc2)c1. The highest BCUT2D eigenvalue weighted by Gasteiger charge is 2.25. The molecule has 0 aliphatic heterocycles. The Hall–Kier alpha value is -2.90. The molecule has 1 unspecified atom stereocenters. The van der Waals surface area contributed by atoms with Crippen LogP contribution in [0.5, 0.6) is 0 Å². The first-order valence-electron chi connectivity index (χ1n) is 10.9. The first kappa shape index (κ1) is 25.4. The molecule has 0 saturated heterocycles. The lowest BCUT2D eigenvalue weighted by molar-refractivity contribution is -0.149. The van der Waals surface area contributed by atoms with Gasteiger partial charge in [0.2, 0.25) is 0 Å². The Bertz CT molecular complexity index is 995. The molecule has 1 heterocycles. The van der Waals surface area contributed by atoms with Gasteiger partial charge < -0.3 is 4.74 Å². The van der Waals surface area contributed by atoms with E-state index in [1.54, 1.807) is 23.5 Å². The van der Waals surface area contributed by atoms with Crippen LogP contribution < -0.4 is 0 Å². The van der Waals surface area contributed by atoms with Crippen LogP contribution in [-0.2, 0) is 14.3 Å². The molecule has 0 aliphatic carbocycles. The van der Waals surface area contributed by atoms with Gasteiger partial charge in [-0.25, -0.2) is 0 Å². The molecular weight excluding hydrogens is 416 g/mol. The molecule has 4 heteroatoms. The minimum atomic E-state index is -0.765. The number of hydrogen-bond acceptors (Lipinski definition) is 4. The topological polar surface area (TPSA) is 43.4 Å². The lowest BCUT2D eigenvalue weighted by Gasteiger charge is -2.11. The first-order valence-corrected chi connectivity index (χ1v) is 11.8. The van der Waals surface area contributed by atoms with E-state index in [-0.39, 0.29) is 11.2 Å². The molecule has 168 valence electrons. The van der Waals surface area contributed by atoms with Crippen LogP contribution in [0, 0.1) is 23.2 Å². The monoisotopic (exact) mass is 448 g/mol. The normalized spacial score (nSPS) is 12.5. The molecule has 2 rings (SSSR count). The highest BCUT2D eigenvalue weighted by atomic mass is 32.1. The van der Waals surface area contributed by atoms with E-state index in [1.807, 2.05) is 20.8 Å². The molecule has 1 aromatic heterocycles. The Morgan fingerprint density at radius 3 is 2.66 bits per heavy atom. The van der Waals surface area contributed by atoms with E-state index in [0.717, 1.165) is 12.0 Å². The Kier molecular flexibility index (Phi) is 10.2. The number of rotatable bonds is 10.